The topological polar surface area (TPSA) is 50.4 Å². The van der Waals surface area contributed by atoms with E-state index in [1.165, 1.54) is 11.1 Å². The molecule has 0 radical (unpaired) electrons. The lowest BCUT2D eigenvalue weighted by Crippen LogP contribution is -2.37. The maximum atomic E-state index is 6.35. The van der Waals surface area contributed by atoms with Crippen LogP contribution in [0.15, 0.2) is 29.3 Å². The third-order valence-electron chi connectivity index (χ3n) is 3.62. The molecule has 0 fully saturated rings. The van der Waals surface area contributed by atoms with Crippen LogP contribution >= 0.6 is 0 Å². The second-order valence-electron chi connectivity index (χ2n) is 4.56. The molecule has 2 atom stereocenters. The molecule has 84 valence electrons. The highest BCUT2D eigenvalue weighted by Crippen LogP contribution is 2.33. The molecule has 0 saturated heterocycles. The number of rotatable bonds is 1. The monoisotopic (exact) mass is 215 g/mol. The summed E-state index contributed by atoms with van der Waals surface area (Å²) < 4.78 is 0. The number of aryl methyl sites for hydroxylation is 1. The Hall–Kier alpha value is -1.35. The van der Waals surface area contributed by atoms with E-state index in [1.54, 1.807) is 0 Å². The van der Waals surface area contributed by atoms with Gasteiger partial charge in [0, 0.05) is 18.5 Å². The highest BCUT2D eigenvalue weighted by molar-refractivity contribution is 5.87. The van der Waals surface area contributed by atoms with E-state index in [-0.39, 0.29) is 6.04 Å². The molecule has 3 nitrogen and oxygen atoms in total. The quantitative estimate of drug-likeness (QED) is 0.740. The lowest BCUT2D eigenvalue weighted by molar-refractivity contribution is 0.474. The number of nitrogens with zero attached hydrogens (tertiary/aromatic N) is 1. The molecule has 0 aromatic heterocycles. The van der Waals surface area contributed by atoms with E-state index < -0.39 is 0 Å². The minimum absolute atomic E-state index is 0.106. The lowest BCUT2D eigenvalue weighted by atomic mass is 9.79. The van der Waals surface area contributed by atoms with E-state index in [1.807, 2.05) is 0 Å². The van der Waals surface area contributed by atoms with Crippen LogP contribution in [0, 0.1) is 5.92 Å². The Morgan fingerprint density at radius 2 is 2.19 bits per heavy atom. The first kappa shape index (κ1) is 9.85. The van der Waals surface area contributed by atoms with Crippen molar-refractivity contribution in [3.8, 4) is 0 Å². The Morgan fingerprint density at radius 1 is 1.31 bits per heavy atom. The van der Waals surface area contributed by atoms with Crippen molar-refractivity contribution < 1.29 is 0 Å². The second-order valence-corrected chi connectivity index (χ2v) is 4.56. The van der Waals surface area contributed by atoms with Gasteiger partial charge in [0.05, 0.1) is 6.54 Å². The molecule has 3 N–H and O–H groups in total. The Labute approximate surface area is 95.8 Å². The van der Waals surface area contributed by atoms with Gasteiger partial charge < -0.3 is 11.1 Å². The molecule has 0 amide bonds. The maximum Gasteiger partial charge on any atom is 0.101 e. The third kappa shape index (κ3) is 1.52. The van der Waals surface area contributed by atoms with Crippen molar-refractivity contribution in [2.45, 2.75) is 18.9 Å². The van der Waals surface area contributed by atoms with E-state index in [2.05, 4.69) is 34.6 Å². The molecule has 0 bridgehead atoms. The molecule has 1 aromatic carbocycles. The van der Waals surface area contributed by atoms with E-state index in [0.717, 1.165) is 31.8 Å². The van der Waals surface area contributed by atoms with Gasteiger partial charge in [-0.2, -0.15) is 0 Å². The first-order valence-electron chi connectivity index (χ1n) is 5.98. The van der Waals surface area contributed by atoms with Gasteiger partial charge in [-0.25, -0.2) is 0 Å². The van der Waals surface area contributed by atoms with Crippen LogP contribution in [0.25, 0.3) is 0 Å². The Kier molecular flexibility index (Phi) is 2.40. The number of benzene rings is 1. The van der Waals surface area contributed by atoms with Crippen molar-refractivity contribution in [2.75, 3.05) is 13.1 Å². The summed E-state index contributed by atoms with van der Waals surface area (Å²) in [4.78, 5) is 4.51. The highest BCUT2D eigenvalue weighted by atomic mass is 15.1. The van der Waals surface area contributed by atoms with Crippen LogP contribution in [0.5, 0.6) is 0 Å². The molecule has 1 aliphatic heterocycles. The fourth-order valence-electron chi connectivity index (χ4n) is 2.77. The predicted octanol–water partition coefficient (Wildman–Crippen LogP) is 1.25. The second kappa shape index (κ2) is 3.91. The fraction of sp³-hybridized carbons (Fsp3) is 0.462. The number of nitrogens with one attached hydrogen (secondary N) is 1. The standard InChI is InChI=1S/C13H17N3/c14-12-10-4-2-1-3-9(10)5-6-11(12)13-15-7-8-16-13/h1-4,11-12H,5-8,14H2,(H,15,16)/t11?,12-/m1/s1. The zero-order chi connectivity index (χ0) is 11.0. The summed E-state index contributed by atoms with van der Waals surface area (Å²) in [5.41, 5.74) is 9.06. The van der Waals surface area contributed by atoms with Crippen molar-refractivity contribution in [1.82, 2.24) is 5.32 Å². The van der Waals surface area contributed by atoms with Gasteiger partial charge in [0.2, 0.25) is 0 Å². The number of fused-ring (bicyclic) bond motifs is 1. The van der Waals surface area contributed by atoms with Crippen molar-refractivity contribution in [3.05, 3.63) is 35.4 Å². The van der Waals surface area contributed by atoms with Gasteiger partial charge in [-0.15, -0.1) is 0 Å². The molecular weight excluding hydrogens is 198 g/mol. The lowest BCUT2D eigenvalue weighted by Gasteiger charge is -2.31. The SMILES string of the molecule is N[C@@H]1c2ccccc2CCC1C1=NCCN1. The average Bonchev–Trinajstić information content (AvgIpc) is 2.83. The summed E-state index contributed by atoms with van der Waals surface area (Å²) in [5.74, 6) is 1.51. The van der Waals surface area contributed by atoms with Crippen LogP contribution in [0.2, 0.25) is 0 Å². The smallest absolute Gasteiger partial charge is 0.101 e. The van der Waals surface area contributed by atoms with E-state index in [0.29, 0.717) is 5.92 Å². The summed E-state index contributed by atoms with van der Waals surface area (Å²) in [7, 11) is 0. The largest absolute Gasteiger partial charge is 0.372 e. The highest BCUT2D eigenvalue weighted by Gasteiger charge is 2.30. The third-order valence-corrected chi connectivity index (χ3v) is 3.62. The minimum atomic E-state index is 0.106. The van der Waals surface area contributed by atoms with Gasteiger partial charge in [-0.05, 0) is 24.0 Å². The Balaban J connectivity index is 1.91. The van der Waals surface area contributed by atoms with Crippen molar-refractivity contribution in [2.24, 2.45) is 16.6 Å². The zero-order valence-electron chi connectivity index (χ0n) is 9.32. The zero-order valence-corrected chi connectivity index (χ0v) is 9.32. The molecule has 1 unspecified atom stereocenters. The van der Waals surface area contributed by atoms with Gasteiger partial charge in [0.1, 0.15) is 5.84 Å². The van der Waals surface area contributed by atoms with Gasteiger partial charge in [-0.3, -0.25) is 4.99 Å². The van der Waals surface area contributed by atoms with Gasteiger partial charge in [0.15, 0.2) is 0 Å². The molecule has 3 rings (SSSR count). The van der Waals surface area contributed by atoms with Crippen LogP contribution in [0.4, 0.5) is 0 Å². The molecule has 1 aliphatic carbocycles. The summed E-state index contributed by atoms with van der Waals surface area (Å²) in [5, 5.41) is 3.36. The van der Waals surface area contributed by atoms with Crippen LogP contribution in [-0.4, -0.2) is 18.9 Å². The summed E-state index contributed by atoms with van der Waals surface area (Å²) in [6.45, 7) is 1.88. The number of amidine groups is 1. The number of aliphatic imine (C=N–C) groups is 1. The molecule has 1 heterocycles. The Morgan fingerprint density at radius 3 is 3.00 bits per heavy atom. The molecule has 16 heavy (non-hydrogen) atoms. The maximum absolute atomic E-state index is 6.35. The van der Waals surface area contributed by atoms with Crippen molar-refractivity contribution in [3.63, 3.8) is 0 Å². The molecule has 2 aliphatic rings. The van der Waals surface area contributed by atoms with Crippen LogP contribution < -0.4 is 11.1 Å². The summed E-state index contributed by atoms with van der Waals surface area (Å²) >= 11 is 0. The molecular formula is C13H17N3. The van der Waals surface area contributed by atoms with Gasteiger partial charge in [-0.1, -0.05) is 24.3 Å². The van der Waals surface area contributed by atoms with E-state index >= 15 is 0 Å². The fourth-order valence-corrected chi connectivity index (χ4v) is 2.77. The van der Waals surface area contributed by atoms with Gasteiger partial charge in [0.25, 0.3) is 0 Å². The number of nitrogens with two attached hydrogens (primary N) is 1. The predicted molar refractivity (Wildman–Crippen MR) is 65.5 cm³/mol. The average molecular weight is 215 g/mol. The molecule has 3 heteroatoms. The van der Waals surface area contributed by atoms with Crippen LogP contribution in [-0.2, 0) is 6.42 Å². The van der Waals surface area contributed by atoms with Crippen molar-refractivity contribution in [1.29, 1.82) is 0 Å². The normalized spacial score (nSPS) is 28.2. The Bertz CT molecular complexity index is 425. The first-order chi connectivity index (χ1) is 7.86. The first-order valence-corrected chi connectivity index (χ1v) is 5.98. The van der Waals surface area contributed by atoms with Crippen LogP contribution in [0.1, 0.15) is 23.6 Å². The molecule has 0 spiro atoms. The van der Waals surface area contributed by atoms with E-state index in [9.17, 15) is 0 Å². The molecule has 0 saturated carbocycles. The minimum Gasteiger partial charge on any atom is -0.372 e. The molecule has 1 aromatic rings. The summed E-state index contributed by atoms with van der Waals surface area (Å²) in [6, 6.07) is 8.62. The van der Waals surface area contributed by atoms with E-state index in [4.69, 9.17) is 5.73 Å². The number of hydrogen-bond acceptors (Lipinski definition) is 3. The van der Waals surface area contributed by atoms with Crippen molar-refractivity contribution >= 4 is 5.84 Å². The summed E-state index contributed by atoms with van der Waals surface area (Å²) in [6.07, 6.45) is 2.24. The number of hydrogen-bond donors (Lipinski definition) is 2. The van der Waals surface area contributed by atoms with Crippen LogP contribution in [0.3, 0.4) is 0 Å². The van der Waals surface area contributed by atoms with Gasteiger partial charge >= 0.3 is 0 Å².